The lowest BCUT2D eigenvalue weighted by Gasteiger charge is -2.43. The number of para-hydroxylation sites is 2. The number of carbonyl (C=O) groups is 2. The summed E-state index contributed by atoms with van der Waals surface area (Å²) in [6, 6.07) is 21.2. The summed E-state index contributed by atoms with van der Waals surface area (Å²) in [6.45, 7) is 0.213. The van der Waals surface area contributed by atoms with Gasteiger partial charge in [-0.1, -0.05) is 54.1 Å². The number of halogens is 1. The molecule has 0 fully saturated rings. The average Bonchev–Trinajstić information content (AvgIpc) is 2.96. The van der Waals surface area contributed by atoms with E-state index >= 15 is 0 Å². The maximum Gasteiger partial charge on any atom is 0.329 e. The zero-order valence-electron chi connectivity index (χ0n) is 16.1. The van der Waals surface area contributed by atoms with Crippen LogP contribution in [0.4, 0.5) is 21.9 Å². The first-order chi connectivity index (χ1) is 14.5. The molecule has 3 aromatic rings. The summed E-state index contributed by atoms with van der Waals surface area (Å²) in [5.74, 6) is -0.320. The highest BCUT2D eigenvalue weighted by molar-refractivity contribution is 6.31. The van der Waals surface area contributed by atoms with Crippen LogP contribution in [0.1, 0.15) is 11.1 Å². The van der Waals surface area contributed by atoms with Crippen molar-refractivity contribution in [2.24, 2.45) is 0 Å². The molecule has 30 heavy (non-hydrogen) atoms. The number of benzene rings is 3. The highest BCUT2D eigenvalue weighted by atomic mass is 35.5. The molecule has 2 heterocycles. The summed E-state index contributed by atoms with van der Waals surface area (Å²) in [5.41, 5.74) is 1.74. The van der Waals surface area contributed by atoms with Crippen LogP contribution in [0, 0.1) is 0 Å². The number of nitrogens with one attached hydrogen (secondary N) is 1. The van der Waals surface area contributed by atoms with E-state index in [2.05, 4.69) is 5.32 Å². The molecule has 0 bridgehead atoms. The lowest BCUT2D eigenvalue weighted by Crippen LogP contribution is -2.60. The molecular formula is C23H18ClN3O3. The van der Waals surface area contributed by atoms with E-state index in [1.807, 2.05) is 48.5 Å². The summed E-state index contributed by atoms with van der Waals surface area (Å²) in [4.78, 5) is 30.1. The van der Waals surface area contributed by atoms with Crippen LogP contribution < -0.4 is 15.1 Å². The maximum atomic E-state index is 13.6. The monoisotopic (exact) mass is 419 g/mol. The number of rotatable bonds is 1. The molecular weight excluding hydrogens is 402 g/mol. The molecule has 0 aromatic heterocycles. The van der Waals surface area contributed by atoms with E-state index in [-0.39, 0.29) is 12.5 Å². The van der Waals surface area contributed by atoms with Crippen molar-refractivity contribution in [3.8, 4) is 0 Å². The molecule has 2 aliphatic heterocycles. The van der Waals surface area contributed by atoms with E-state index in [0.717, 1.165) is 5.56 Å². The van der Waals surface area contributed by atoms with Gasteiger partial charge in [-0.05, 0) is 30.3 Å². The average molecular weight is 420 g/mol. The van der Waals surface area contributed by atoms with Gasteiger partial charge in [-0.3, -0.25) is 9.69 Å². The molecule has 5 rings (SSSR count). The molecule has 2 aliphatic rings. The van der Waals surface area contributed by atoms with Gasteiger partial charge in [0.15, 0.2) is 0 Å². The molecule has 0 saturated heterocycles. The predicted molar refractivity (Wildman–Crippen MR) is 116 cm³/mol. The second-order valence-electron chi connectivity index (χ2n) is 7.22. The predicted octanol–water partition coefficient (Wildman–Crippen LogP) is 4.74. The first-order valence-electron chi connectivity index (χ1n) is 9.48. The first-order valence-corrected chi connectivity index (χ1v) is 9.86. The molecule has 1 atom stereocenters. The van der Waals surface area contributed by atoms with E-state index in [1.165, 1.54) is 9.80 Å². The van der Waals surface area contributed by atoms with E-state index in [9.17, 15) is 9.59 Å². The Kier molecular flexibility index (Phi) is 4.27. The molecule has 0 saturated carbocycles. The third-order valence-corrected chi connectivity index (χ3v) is 5.72. The molecule has 0 unspecified atom stereocenters. The minimum absolute atomic E-state index is 0.213. The van der Waals surface area contributed by atoms with Crippen LogP contribution in [0.25, 0.3) is 0 Å². The van der Waals surface area contributed by atoms with Gasteiger partial charge in [0.25, 0.3) is 11.6 Å². The van der Waals surface area contributed by atoms with E-state index < -0.39 is 11.8 Å². The van der Waals surface area contributed by atoms with Gasteiger partial charge in [0.2, 0.25) is 0 Å². The van der Waals surface area contributed by atoms with Crippen LogP contribution in [-0.2, 0) is 21.9 Å². The van der Waals surface area contributed by atoms with Gasteiger partial charge < -0.3 is 15.0 Å². The van der Waals surface area contributed by atoms with Crippen molar-refractivity contribution in [3.05, 3.63) is 88.9 Å². The fraction of sp³-hybridized carbons (Fsp3) is 0.130. The van der Waals surface area contributed by atoms with Crippen LogP contribution in [0.5, 0.6) is 0 Å². The summed E-state index contributed by atoms with van der Waals surface area (Å²) in [7, 11) is 1.69. The van der Waals surface area contributed by atoms with Crippen molar-refractivity contribution in [1.82, 2.24) is 0 Å². The van der Waals surface area contributed by atoms with Crippen molar-refractivity contribution in [2.75, 3.05) is 22.2 Å². The van der Waals surface area contributed by atoms with E-state index in [1.54, 1.807) is 31.3 Å². The van der Waals surface area contributed by atoms with Crippen molar-refractivity contribution in [3.63, 3.8) is 0 Å². The second-order valence-corrected chi connectivity index (χ2v) is 7.66. The number of carbonyl (C=O) groups excluding carboxylic acids is 2. The summed E-state index contributed by atoms with van der Waals surface area (Å²) >= 11 is 6.07. The highest BCUT2D eigenvalue weighted by Gasteiger charge is 2.59. The number of urea groups is 1. The molecule has 1 spiro atoms. The second kappa shape index (κ2) is 6.86. The Morgan fingerprint density at radius 3 is 2.57 bits per heavy atom. The molecule has 150 valence electrons. The SMILES string of the molecule is CN1C(=O)[C@]2(OCc3ccccc3N2C(=O)Nc2cccc(Cl)c2)c2ccccc21. The normalized spacial score (nSPS) is 19.6. The summed E-state index contributed by atoms with van der Waals surface area (Å²) < 4.78 is 6.21. The van der Waals surface area contributed by atoms with Crippen LogP contribution in [-0.4, -0.2) is 19.0 Å². The number of nitrogens with zero attached hydrogens (tertiary/aromatic N) is 2. The molecule has 3 amide bonds. The molecule has 7 heteroatoms. The number of hydrogen-bond donors (Lipinski definition) is 1. The highest BCUT2D eigenvalue weighted by Crippen LogP contribution is 2.49. The molecule has 6 nitrogen and oxygen atoms in total. The number of ether oxygens (including phenoxy) is 1. The largest absolute Gasteiger partial charge is 0.338 e. The van der Waals surface area contributed by atoms with Crippen molar-refractivity contribution >= 4 is 40.6 Å². The van der Waals surface area contributed by atoms with Crippen LogP contribution in [0.3, 0.4) is 0 Å². The zero-order chi connectivity index (χ0) is 20.9. The Balaban J connectivity index is 1.68. The van der Waals surface area contributed by atoms with Crippen LogP contribution in [0.15, 0.2) is 72.8 Å². The quantitative estimate of drug-likeness (QED) is 0.619. The lowest BCUT2D eigenvalue weighted by atomic mass is 9.98. The Morgan fingerprint density at radius 1 is 1.03 bits per heavy atom. The molecule has 1 N–H and O–H groups in total. The summed E-state index contributed by atoms with van der Waals surface area (Å²) in [6.07, 6.45) is 0. The third-order valence-electron chi connectivity index (χ3n) is 5.49. The smallest absolute Gasteiger partial charge is 0.329 e. The minimum Gasteiger partial charge on any atom is -0.338 e. The van der Waals surface area contributed by atoms with Crippen molar-refractivity contribution < 1.29 is 14.3 Å². The minimum atomic E-state index is -1.58. The van der Waals surface area contributed by atoms with Gasteiger partial charge in [0.1, 0.15) is 0 Å². The van der Waals surface area contributed by atoms with E-state index in [4.69, 9.17) is 16.3 Å². The number of anilines is 3. The Morgan fingerprint density at radius 2 is 1.77 bits per heavy atom. The van der Waals surface area contributed by atoms with Crippen LogP contribution in [0.2, 0.25) is 5.02 Å². The van der Waals surface area contributed by atoms with Crippen molar-refractivity contribution in [2.45, 2.75) is 12.3 Å². The van der Waals surface area contributed by atoms with Crippen molar-refractivity contribution in [1.29, 1.82) is 0 Å². The van der Waals surface area contributed by atoms with Gasteiger partial charge in [0.05, 0.1) is 18.0 Å². The number of likely N-dealkylation sites (N-methyl/N-ethyl adjacent to an activating group) is 1. The van der Waals surface area contributed by atoms with Gasteiger partial charge in [-0.2, -0.15) is 0 Å². The fourth-order valence-corrected chi connectivity index (χ4v) is 4.32. The number of fused-ring (bicyclic) bond motifs is 3. The standard InChI is InChI=1S/C23H18ClN3O3/c1-26-20-12-5-3-10-18(20)23(21(26)28)27(19-11-4-2-7-15(19)14-30-23)22(29)25-17-9-6-8-16(24)13-17/h2-13H,14H2,1H3,(H,25,29)/t23-/m1/s1. The Bertz CT molecular complexity index is 1180. The van der Waals surface area contributed by atoms with Gasteiger partial charge in [-0.25, -0.2) is 4.79 Å². The van der Waals surface area contributed by atoms with Gasteiger partial charge in [-0.15, -0.1) is 0 Å². The fourth-order valence-electron chi connectivity index (χ4n) is 4.13. The topological polar surface area (TPSA) is 61.9 Å². The Hall–Kier alpha value is -3.35. The third kappa shape index (κ3) is 2.61. The molecule has 0 radical (unpaired) electrons. The lowest BCUT2D eigenvalue weighted by molar-refractivity contribution is -0.146. The first kappa shape index (κ1) is 18.7. The van der Waals surface area contributed by atoms with E-state index in [0.29, 0.717) is 27.6 Å². The Labute approximate surface area is 178 Å². The maximum absolute atomic E-state index is 13.6. The number of amides is 3. The van der Waals surface area contributed by atoms with Gasteiger partial charge in [0, 0.05) is 28.9 Å². The molecule has 3 aromatic carbocycles. The molecule has 0 aliphatic carbocycles. The van der Waals surface area contributed by atoms with Gasteiger partial charge >= 0.3 is 6.03 Å². The number of hydrogen-bond acceptors (Lipinski definition) is 3. The summed E-state index contributed by atoms with van der Waals surface area (Å²) in [5, 5.41) is 3.36. The van der Waals surface area contributed by atoms with Crippen LogP contribution >= 0.6 is 11.6 Å². The zero-order valence-corrected chi connectivity index (χ0v) is 16.9.